The van der Waals surface area contributed by atoms with Crippen LogP contribution in [0.3, 0.4) is 0 Å². The molecule has 384 valence electrons. The van der Waals surface area contributed by atoms with Crippen LogP contribution in [0.25, 0.3) is 0 Å². The molecule has 22 heterocycles. The molecule has 30 atom stereocenters. The Balaban J connectivity index is 1.19. The minimum absolute atomic E-state index is 0.999. The maximum atomic E-state index is 11.2. The van der Waals surface area contributed by atoms with Gasteiger partial charge in [-0.2, -0.15) is 0 Å². The van der Waals surface area contributed by atoms with E-state index in [9.17, 15) is 91.9 Å². The second-order valence-corrected chi connectivity index (χ2v) is 16.8. The average molecular weight is 973 g/mol. The molecule has 22 fully saturated rings. The Morgan fingerprint density at radius 2 is 0.303 bits per heavy atom. The van der Waals surface area contributed by atoms with E-state index in [0.717, 1.165) is 0 Å². The summed E-state index contributed by atoms with van der Waals surface area (Å²) in [6.07, 6.45) is -58.5. The Labute approximate surface area is 372 Å². The monoisotopic (exact) mass is 972 g/mol. The molecule has 0 aromatic rings. The summed E-state index contributed by atoms with van der Waals surface area (Å²) in [5.74, 6) is 0. The Kier molecular flexibility index (Phi) is 17.6. The fourth-order valence-corrected chi connectivity index (χ4v) is 8.93. The van der Waals surface area contributed by atoms with Crippen molar-refractivity contribution in [3.05, 3.63) is 0 Å². The molecule has 9 unspecified atom stereocenters. The van der Waals surface area contributed by atoms with Crippen LogP contribution in [-0.2, 0) is 56.8 Å². The Morgan fingerprint density at radius 3 is 0.409 bits per heavy atom. The molecule has 30 heteroatoms. The first-order valence-electron chi connectivity index (χ1n) is 21.1. The molecule has 18 N–H and O–H groups in total. The van der Waals surface area contributed by atoms with Gasteiger partial charge in [0.15, 0.2) is 37.7 Å². The Bertz CT molecular complexity index is 1230. The molecule has 30 nitrogen and oxygen atoms in total. The molecular weight excluding hydrogens is 912 g/mol. The van der Waals surface area contributed by atoms with E-state index in [1.54, 1.807) is 0 Å². The zero-order valence-electron chi connectivity index (χ0n) is 34.5. The zero-order chi connectivity index (χ0) is 48.0. The van der Waals surface area contributed by atoms with Crippen molar-refractivity contribution in [2.45, 2.75) is 184 Å². The summed E-state index contributed by atoms with van der Waals surface area (Å²) in [6.45, 7) is -5.99. The maximum Gasteiger partial charge on any atom is 0.187 e. The SMILES string of the molecule is OC[C@H]1OC2OC3[C@@H](CO)OC(OC4[C@@H](CO)OC(O[C@H]5[C@H](O)[C@@H](O)C(O[C@H]6[C@H](O)[C@@H](O)C(O[C@H]7[C@H](O)[C@@H](O)C(OC1[C@H](O)[C@H]2O)O[C@@H]7CO)O[C@@H]6CO)O[C@@H]5CO)[C@H](O)[C@H]4O)[C@H](O)[C@H]3O. The molecule has 22 rings (SSSR count). The van der Waals surface area contributed by atoms with Gasteiger partial charge in [0.1, 0.15) is 146 Å². The number of hydrogen-bond acceptors (Lipinski definition) is 30. The van der Waals surface area contributed by atoms with Gasteiger partial charge in [0.05, 0.1) is 39.6 Å². The van der Waals surface area contributed by atoms with E-state index in [2.05, 4.69) is 0 Å². The fourth-order valence-electron chi connectivity index (χ4n) is 8.93. The minimum Gasteiger partial charge on any atom is -0.394 e. The van der Waals surface area contributed by atoms with Crippen molar-refractivity contribution < 1.29 is 149 Å². The summed E-state index contributed by atoms with van der Waals surface area (Å²) >= 11 is 0. The average Bonchev–Trinajstić information content (AvgIpc) is 3.31. The fraction of sp³-hybridized carbons (Fsp3) is 1.00. The van der Waals surface area contributed by atoms with Gasteiger partial charge in [-0.05, 0) is 0 Å². The molecule has 12 bridgehead atoms. The van der Waals surface area contributed by atoms with Crippen LogP contribution in [0.1, 0.15) is 0 Å². The van der Waals surface area contributed by atoms with E-state index >= 15 is 0 Å². The van der Waals surface area contributed by atoms with Crippen LogP contribution in [-0.4, -0.2) is 316 Å². The smallest absolute Gasteiger partial charge is 0.187 e. The van der Waals surface area contributed by atoms with Crippen molar-refractivity contribution in [1.29, 1.82) is 0 Å². The van der Waals surface area contributed by atoms with Crippen LogP contribution in [0.2, 0.25) is 0 Å². The second-order valence-electron chi connectivity index (χ2n) is 16.8. The molecule has 22 aliphatic rings. The second kappa shape index (κ2) is 22.1. The van der Waals surface area contributed by atoms with Crippen molar-refractivity contribution in [2.24, 2.45) is 0 Å². The molecule has 22 aliphatic heterocycles. The van der Waals surface area contributed by atoms with Gasteiger partial charge in [0, 0.05) is 0 Å². The maximum absolute atomic E-state index is 11.2. The third-order valence-corrected chi connectivity index (χ3v) is 12.7. The summed E-state index contributed by atoms with van der Waals surface area (Å²) < 4.78 is 67.9. The van der Waals surface area contributed by atoms with Crippen molar-refractivity contribution in [3.63, 3.8) is 0 Å². The third-order valence-electron chi connectivity index (χ3n) is 12.7. The number of aliphatic hydroxyl groups excluding tert-OH is 18. The Hall–Kier alpha value is -1.20. The first-order valence-corrected chi connectivity index (χ1v) is 21.1. The molecular formula is C36H60O30. The van der Waals surface area contributed by atoms with E-state index in [4.69, 9.17) is 56.8 Å². The first-order chi connectivity index (χ1) is 31.4. The quantitative estimate of drug-likeness (QED) is 0.117. The Morgan fingerprint density at radius 1 is 0.182 bits per heavy atom. The van der Waals surface area contributed by atoms with Gasteiger partial charge in [-0.1, -0.05) is 0 Å². The molecule has 0 aromatic carbocycles. The van der Waals surface area contributed by atoms with Gasteiger partial charge in [-0.25, -0.2) is 0 Å². The van der Waals surface area contributed by atoms with E-state index < -0.39 is 224 Å². The van der Waals surface area contributed by atoms with Gasteiger partial charge in [0.25, 0.3) is 0 Å². The van der Waals surface area contributed by atoms with Crippen molar-refractivity contribution in [2.75, 3.05) is 39.6 Å². The lowest BCUT2D eigenvalue weighted by atomic mass is 9.94. The van der Waals surface area contributed by atoms with Crippen LogP contribution in [0.15, 0.2) is 0 Å². The predicted molar refractivity (Wildman–Crippen MR) is 196 cm³/mol. The molecule has 0 spiro atoms. The molecule has 0 saturated carbocycles. The molecule has 0 aliphatic carbocycles. The van der Waals surface area contributed by atoms with E-state index in [0.29, 0.717) is 0 Å². The van der Waals surface area contributed by atoms with Crippen LogP contribution >= 0.6 is 0 Å². The minimum atomic E-state index is -2.15. The topological polar surface area (TPSA) is 475 Å². The predicted octanol–water partition coefficient (Wildman–Crippen LogP) is -13.1. The summed E-state index contributed by atoms with van der Waals surface area (Å²) in [4.78, 5) is 0. The van der Waals surface area contributed by atoms with Crippen LogP contribution in [0, 0.1) is 0 Å². The number of ether oxygens (including phenoxy) is 12. The number of rotatable bonds is 6. The zero-order valence-corrected chi connectivity index (χ0v) is 34.5. The van der Waals surface area contributed by atoms with Gasteiger partial charge in [-0.15, -0.1) is 0 Å². The highest BCUT2D eigenvalue weighted by atomic mass is 16.8. The van der Waals surface area contributed by atoms with Gasteiger partial charge >= 0.3 is 0 Å². The van der Waals surface area contributed by atoms with Crippen LogP contribution in [0.4, 0.5) is 0 Å². The first kappa shape index (κ1) is 52.6. The lowest BCUT2D eigenvalue weighted by molar-refractivity contribution is -0.404. The molecule has 0 radical (unpaired) electrons. The third kappa shape index (κ3) is 10.0. The highest BCUT2D eigenvalue weighted by Gasteiger charge is 2.58. The van der Waals surface area contributed by atoms with E-state index in [-0.39, 0.29) is 0 Å². The summed E-state index contributed by atoms with van der Waals surface area (Å²) in [6, 6.07) is 0. The normalized spacial score (nSPS) is 55.4. The molecule has 0 aromatic heterocycles. The molecule has 66 heavy (non-hydrogen) atoms. The van der Waals surface area contributed by atoms with Crippen LogP contribution < -0.4 is 0 Å². The summed E-state index contributed by atoms with van der Waals surface area (Å²) in [5.41, 5.74) is 0. The largest absolute Gasteiger partial charge is 0.394 e. The summed E-state index contributed by atoms with van der Waals surface area (Å²) in [7, 11) is 0. The molecule has 22 saturated heterocycles. The summed E-state index contributed by atoms with van der Waals surface area (Å²) in [5, 5.41) is 196. The van der Waals surface area contributed by atoms with Crippen molar-refractivity contribution in [3.8, 4) is 0 Å². The highest BCUT2D eigenvalue weighted by molar-refractivity contribution is 5.01. The van der Waals surface area contributed by atoms with E-state index in [1.165, 1.54) is 0 Å². The molecule has 0 amide bonds. The van der Waals surface area contributed by atoms with Crippen molar-refractivity contribution >= 4 is 0 Å². The van der Waals surface area contributed by atoms with Crippen LogP contribution in [0.5, 0.6) is 0 Å². The highest BCUT2D eigenvalue weighted by Crippen LogP contribution is 2.38. The lowest BCUT2D eigenvalue weighted by Gasteiger charge is -2.50. The van der Waals surface area contributed by atoms with Gasteiger partial charge in [0.2, 0.25) is 0 Å². The lowest BCUT2D eigenvalue weighted by Crippen LogP contribution is -2.69. The van der Waals surface area contributed by atoms with Crippen molar-refractivity contribution in [1.82, 2.24) is 0 Å². The standard InChI is InChI=1S/C36H60O30/c37-1-7-25-13(43)19(49)31(55-7)62-26-8(2-38)57-33(21(51)15(26)45)64-28-10(4-40)59-35(23(53)17(28)47)66-30-12(6-42)60-36(24(54)18(30)48)65-29-11(5-41)58-34(22(52)16(29)46)63-27-9(3-39)56-32(61-25)20(50)14(27)44/h7-54H,1-6H2/t7-,8-,9-,10-,11-,12-,13-,14-,15-,16-,17-,18-,19-,20-,21-,22-,23-,24-,25-,26-,27-,28?,29?,30?,31?,32?,33?,34?,35?,36?/m1/s1. The van der Waals surface area contributed by atoms with Gasteiger partial charge < -0.3 is 149 Å². The van der Waals surface area contributed by atoms with E-state index in [1.807, 2.05) is 0 Å². The number of hydrogen-bond donors (Lipinski definition) is 18. The van der Waals surface area contributed by atoms with Gasteiger partial charge in [-0.3, -0.25) is 0 Å². The number of aliphatic hydroxyl groups is 18.